The molecule has 7 heteroatoms. The lowest BCUT2D eigenvalue weighted by Crippen LogP contribution is -2.44. The number of likely N-dealkylation sites (N-methyl/N-ethyl adjacent to an activating group) is 1. The summed E-state index contributed by atoms with van der Waals surface area (Å²) < 4.78 is 41.8. The van der Waals surface area contributed by atoms with Crippen LogP contribution in [-0.4, -0.2) is 57.2 Å². The zero-order valence-electron chi connectivity index (χ0n) is 13.1. The summed E-state index contributed by atoms with van der Waals surface area (Å²) in [5.41, 5.74) is 1.28. The van der Waals surface area contributed by atoms with Crippen LogP contribution in [0.3, 0.4) is 0 Å². The number of hydrogen-bond acceptors (Lipinski definition) is 4. The third-order valence-electron chi connectivity index (χ3n) is 3.85. The van der Waals surface area contributed by atoms with Crippen LogP contribution in [0.1, 0.15) is 23.2 Å². The van der Waals surface area contributed by atoms with Crippen molar-refractivity contribution < 1.29 is 22.7 Å². The van der Waals surface area contributed by atoms with Crippen molar-refractivity contribution in [2.75, 3.05) is 44.7 Å². The van der Waals surface area contributed by atoms with Gasteiger partial charge < -0.3 is 14.5 Å². The molecule has 0 N–H and O–H groups in total. The molecule has 0 spiro atoms. The number of carbonyl (C=O) groups is 1. The van der Waals surface area contributed by atoms with E-state index in [-0.39, 0.29) is 13.0 Å². The summed E-state index contributed by atoms with van der Waals surface area (Å²) in [6, 6.07) is 5.24. The molecule has 4 nitrogen and oxygen atoms in total. The molecule has 0 radical (unpaired) electrons. The topological polar surface area (TPSA) is 32.8 Å². The molecule has 1 aliphatic rings. The maximum atomic E-state index is 12.1. The minimum Gasteiger partial charge on any atom is -0.493 e. The van der Waals surface area contributed by atoms with E-state index in [1.807, 2.05) is 6.07 Å². The lowest BCUT2D eigenvalue weighted by Gasteiger charge is -2.34. The Morgan fingerprint density at radius 2 is 1.91 bits per heavy atom. The third-order valence-corrected chi connectivity index (χ3v) is 3.85. The maximum absolute atomic E-state index is 12.1. The van der Waals surface area contributed by atoms with Gasteiger partial charge in [-0.05, 0) is 25.6 Å². The lowest BCUT2D eigenvalue weighted by atomic mass is 10.1. The van der Waals surface area contributed by atoms with Crippen LogP contribution in [0.2, 0.25) is 0 Å². The zero-order chi connectivity index (χ0) is 16.9. The second-order valence-corrected chi connectivity index (χ2v) is 5.70. The minimum absolute atomic E-state index is 0.0630. The summed E-state index contributed by atoms with van der Waals surface area (Å²) in [4.78, 5) is 15.5. The molecule has 1 heterocycles. The summed E-state index contributed by atoms with van der Waals surface area (Å²) in [7, 11) is 2.06. The van der Waals surface area contributed by atoms with E-state index in [0.717, 1.165) is 31.9 Å². The molecule has 0 saturated carbocycles. The number of ether oxygens (including phenoxy) is 1. The van der Waals surface area contributed by atoms with Crippen molar-refractivity contribution >= 4 is 12.0 Å². The number of halogens is 3. The van der Waals surface area contributed by atoms with Crippen molar-refractivity contribution in [3.8, 4) is 5.75 Å². The fraction of sp³-hybridized carbons (Fsp3) is 0.562. The highest BCUT2D eigenvalue weighted by Gasteiger charge is 2.26. The standard InChI is InChI=1S/C16H21F3N2O2/c1-20-6-8-21(9-7-20)14-4-3-13(12-22)15(11-14)23-10-2-5-16(17,18)19/h3-4,11-12H,2,5-10H2,1H3. The van der Waals surface area contributed by atoms with Gasteiger partial charge in [0.05, 0.1) is 12.2 Å². The van der Waals surface area contributed by atoms with E-state index in [1.165, 1.54) is 0 Å². The fourth-order valence-electron chi connectivity index (χ4n) is 2.46. The Kier molecular flexibility index (Phi) is 5.87. The first-order valence-electron chi connectivity index (χ1n) is 7.61. The quantitative estimate of drug-likeness (QED) is 0.593. The van der Waals surface area contributed by atoms with Gasteiger partial charge in [-0.1, -0.05) is 0 Å². The van der Waals surface area contributed by atoms with Crippen LogP contribution in [0.5, 0.6) is 5.75 Å². The van der Waals surface area contributed by atoms with Crippen molar-refractivity contribution in [2.45, 2.75) is 19.0 Å². The van der Waals surface area contributed by atoms with Gasteiger partial charge in [-0.2, -0.15) is 13.2 Å². The fourth-order valence-corrected chi connectivity index (χ4v) is 2.46. The Morgan fingerprint density at radius 3 is 2.52 bits per heavy atom. The van der Waals surface area contributed by atoms with Crippen molar-refractivity contribution in [3.05, 3.63) is 23.8 Å². The molecule has 2 rings (SSSR count). The van der Waals surface area contributed by atoms with Gasteiger partial charge >= 0.3 is 6.18 Å². The number of aldehydes is 1. The third kappa shape index (κ3) is 5.42. The molecule has 1 aromatic carbocycles. The second-order valence-electron chi connectivity index (χ2n) is 5.70. The molecule has 128 valence electrons. The van der Waals surface area contributed by atoms with Crippen LogP contribution < -0.4 is 9.64 Å². The molecule has 1 aromatic rings. The van der Waals surface area contributed by atoms with Gasteiger partial charge in [-0.25, -0.2) is 0 Å². The van der Waals surface area contributed by atoms with E-state index >= 15 is 0 Å². The summed E-state index contributed by atoms with van der Waals surface area (Å²) in [5.74, 6) is 0.346. The molecule has 23 heavy (non-hydrogen) atoms. The van der Waals surface area contributed by atoms with Crippen molar-refractivity contribution in [1.82, 2.24) is 4.90 Å². The molecule has 1 saturated heterocycles. The molecule has 0 bridgehead atoms. The van der Waals surface area contributed by atoms with Crippen molar-refractivity contribution in [1.29, 1.82) is 0 Å². The van der Waals surface area contributed by atoms with Gasteiger partial charge in [0.2, 0.25) is 0 Å². The average Bonchev–Trinajstić information content (AvgIpc) is 2.51. The van der Waals surface area contributed by atoms with Gasteiger partial charge in [0.15, 0.2) is 6.29 Å². The predicted octanol–water partition coefficient (Wildman–Crippen LogP) is 2.97. The molecule has 0 amide bonds. The molecule has 0 aliphatic carbocycles. The van der Waals surface area contributed by atoms with Crippen molar-refractivity contribution in [3.63, 3.8) is 0 Å². The van der Waals surface area contributed by atoms with Gasteiger partial charge in [0.1, 0.15) is 5.75 Å². The molecule has 1 fully saturated rings. The van der Waals surface area contributed by atoms with Gasteiger partial charge in [0, 0.05) is 44.4 Å². The number of rotatable bonds is 6. The summed E-state index contributed by atoms with van der Waals surface area (Å²) >= 11 is 0. The Labute approximate surface area is 133 Å². The minimum atomic E-state index is -4.18. The van der Waals surface area contributed by atoms with E-state index in [9.17, 15) is 18.0 Å². The van der Waals surface area contributed by atoms with Gasteiger partial charge in [-0.15, -0.1) is 0 Å². The van der Waals surface area contributed by atoms with Crippen molar-refractivity contribution in [2.24, 2.45) is 0 Å². The summed E-state index contributed by atoms with van der Waals surface area (Å²) in [6.07, 6.45) is -4.53. The van der Waals surface area contributed by atoms with Crippen LogP contribution >= 0.6 is 0 Å². The van der Waals surface area contributed by atoms with E-state index in [2.05, 4.69) is 16.8 Å². The number of carbonyl (C=O) groups excluding carboxylic acids is 1. The first-order valence-corrected chi connectivity index (χ1v) is 7.61. The number of nitrogens with zero attached hydrogens (tertiary/aromatic N) is 2. The normalized spacial score (nSPS) is 16.4. The maximum Gasteiger partial charge on any atom is 0.389 e. The molecular weight excluding hydrogens is 309 g/mol. The molecule has 0 atom stereocenters. The van der Waals surface area contributed by atoms with E-state index in [4.69, 9.17) is 4.74 Å². The van der Waals surface area contributed by atoms with Crippen LogP contribution in [0.15, 0.2) is 18.2 Å². The number of benzene rings is 1. The summed E-state index contributed by atoms with van der Waals surface area (Å²) in [6.45, 7) is 3.55. The Hall–Kier alpha value is -1.76. The Morgan fingerprint density at radius 1 is 1.22 bits per heavy atom. The molecular formula is C16H21F3N2O2. The van der Waals surface area contributed by atoms with E-state index in [1.54, 1.807) is 12.1 Å². The number of alkyl halides is 3. The average molecular weight is 330 g/mol. The predicted molar refractivity (Wildman–Crippen MR) is 82.3 cm³/mol. The number of hydrogen-bond donors (Lipinski definition) is 0. The van der Waals surface area contributed by atoms with Crippen LogP contribution in [0, 0.1) is 0 Å². The smallest absolute Gasteiger partial charge is 0.389 e. The van der Waals surface area contributed by atoms with Crippen LogP contribution in [0.25, 0.3) is 0 Å². The summed E-state index contributed by atoms with van der Waals surface area (Å²) in [5, 5.41) is 0. The van der Waals surface area contributed by atoms with E-state index < -0.39 is 12.6 Å². The second kappa shape index (κ2) is 7.68. The van der Waals surface area contributed by atoms with Crippen LogP contribution in [-0.2, 0) is 0 Å². The van der Waals surface area contributed by atoms with Crippen LogP contribution in [0.4, 0.5) is 18.9 Å². The Bertz CT molecular complexity index is 527. The highest BCUT2D eigenvalue weighted by molar-refractivity contribution is 5.80. The number of anilines is 1. The first kappa shape index (κ1) is 17.6. The number of piperazine rings is 1. The van der Waals surface area contributed by atoms with Gasteiger partial charge in [-0.3, -0.25) is 4.79 Å². The lowest BCUT2D eigenvalue weighted by molar-refractivity contribution is -0.136. The SMILES string of the molecule is CN1CCN(c2ccc(C=O)c(OCCCC(F)(F)F)c2)CC1. The highest BCUT2D eigenvalue weighted by Crippen LogP contribution is 2.27. The van der Waals surface area contributed by atoms with E-state index in [0.29, 0.717) is 17.6 Å². The molecule has 0 unspecified atom stereocenters. The first-order chi connectivity index (χ1) is 10.9. The van der Waals surface area contributed by atoms with Gasteiger partial charge in [0.25, 0.3) is 0 Å². The molecule has 0 aromatic heterocycles. The Balaban J connectivity index is 1.99. The zero-order valence-corrected chi connectivity index (χ0v) is 13.1. The highest BCUT2D eigenvalue weighted by atomic mass is 19.4. The monoisotopic (exact) mass is 330 g/mol. The molecule has 1 aliphatic heterocycles. The largest absolute Gasteiger partial charge is 0.493 e.